The maximum Gasteiger partial charge on any atom is 0.228 e. The van der Waals surface area contributed by atoms with Gasteiger partial charge >= 0.3 is 0 Å². The second kappa shape index (κ2) is 13.2. The van der Waals surface area contributed by atoms with Crippen molar-refractivity contribution < 1.29 is 21.0 Å². The van der Waals surface area contributed by atoms with Crippen LogP contribution in [0, 0.1) is 17.5 Å². The molecule has 0 aliphatic carbocycles. The zero-order valence-corrected chi connectivity index (χ0v) is 24.0. The molecule has 8 nitrogen and oxygen atoms in total. The number of hydrogen-bond donors (Lipinski definition) is 2. The third-order valence-corrected chi connectivity index (χ3v) is 6.32. The lowest BCUT2D eigenvalue weighted by molar-refractivity contribution is -0.115. The summed E-state index contributed by atoms with van der Waals surface area (Å²) in [4.78, 5) is 17.1. The summed E-state index contributed by atoms with van der Waals surface area (Å²) >= 11 is 0. The van der Waals surface area contributed by atoms with E-state index in [4.69, 9.17) is 9.52 Å². The van der Waals surface area contributed by atoms with E-state index in [1.54, 1.807) is 60.4 Å². The number of allylic oxidation sites excluding steroid dienone is 3. The molecule has 4 rings (SSSR count). The number of ether oxygens (including phenoxy) is 1. The summed E-state index contributed by atoms with van der Waals surface area (Å²) in [7, 11) is -1.93. The van der Waals surface area contributed by atoms with E-state index in [1.807, 2.05) is 39.8 Å². The number of fused-ring (bicyclic) bond motifs is 1. The fourth-order valence-electron chi connectivity index (χ4n) is 3.73. The van der Waals surface area contributed by atoms with Gasteiger partial charge in [0.15, 0.2) is 11.6 Å². The molecule has 0 saturated carbocycles. The first kappa shape index (κ1) is 30.2. The Balaban J connectivity index is 0.00000116. The van der Waals surface area contributed by atoms with Gasteiger partial charge in [-0.25, -0.2) is 4.39 Å². The fraction of sp³-hybridized carbons (Fsp3) is 0.233. The van der Waals surface area contributed by atoms with Crippen molar-refractivity contribution in [2.75, 3.05) is 5.32 Å². The number of amides is 1. The summed E-state index contributed by atoms with van der Waals surface area (Å²) in [5, 5.41) is 7.56. The van der Waals surface area contributed by atoms with E-state index in [0.717, 1.165) is 0 Å². The Labute approximate surface area is 238 Å². The number of rotatable bonds is 7. The number of nitrogens with zero attached hydrogens (tertiary/aromatic N) is 3. The Morgan fingerprint density at radius 2 is 2.02 bits per heavy atom. The number of hydrogen-bond acceptors (Lipinski definition) is 7. The molecule has 2 heterocycles. The van der Waals surface area contributed by atoms with E-state index in [2.05, 4.69) is 22.0 Å². The molecule has 0 spiro atoms. The maximum absolute atomic E-state index is 15.1. The van der Waals surface area contributed by atoms with Crippen LogP contribution in [-0.2, 0) is 31.6 Å². The normalized spacial score (nSPS) is 11.4. The molecule has 214 valence electrons. The van der Waals surface area contributed by atoms with Gasteiger partial charge in [-0.2, -0.15) is 15.7 Å². The quantitative estimate of drug-likeness (QED) is 0.174. The number of carbonyl (C=O) groups excluding carboxylic acids is 1. The van der Waals surface area contributed by atoms with Crippen LogP contribution in [0.5, 0.6) is 11.5 Å². The fourth-order valence-corrected chi connectivity index (χ4v) is 4.15. The van der Waals surface area contributed by atoms with Gasteiger partial charge in [0, 0.05) is 20.6 Å². The number of aryl methyl sites for hydroxylation is 1. The lowest BCUT2D eigenvalue weighted by Crippen LogP contribution is -2.22. The number of carbonyl (C=O) groups is 1. The second-order valence-electron chi connectivity index (χ2n) is 9.91. The summed E-state index contributed by atoms with van der Waals surface area (Å²) in [6.45, 7) is 13.1. The minimum Gasteiger partial charge on any atom is -0.453 e. The maximum atomic E-state index is 15.1. The molecule has 4 aromatic rings. The molecule has 0 fully saturated rings. The first-order valence-electron chi connectivity index (χ1n) is 12.5. The number of halogens is 1. The van der Waals surface area contributed by atoms with E-state index >= 15 is 4.39 Å². The molecule has 2 aromatic carbocycles. The highest BCUT2D eigenvalue weighted by molar-refractivity contribution is 7.73. The second-order valence-corrected chi connectivity index (χ2v) is 10.9. The summed E-state index contributed by atoms with van der Waals surface area (Å²) in [5.74, 6) is -0.559. The average molecular weight is 567 g/mol. The summed E-state index contributed by atoms with van der Waals surface area (Å²) < 4.78 is 41.7. The van der Waals surface area contributed by atoms with Crippen molar-refractivity contribution in [1.29, 1.82) is 4.78 Å². The van der Waals surface area contributed by atoms with Crippen molar-refractivity contribution in [2.24, 2.45) is 0 Å². The molecule has 10 heteroatoms. The SMILES string of the molecule is C=C/C=C\C.Cc1cc(CC(=O)Nc2cnn(C(C)(C)C)c2)cc(F)c1Oc1ccnc2ccc([S-](=N)=O)cc12.[HH].[HH]. The van der Waals surface area contributed by atoms with Crippen LogP contribution in [0.3, 0.4) is 0 Å². The summed E-state index contributed by atoms with van der Waals surface area (Å²) in [5.41, 5.74) is 1.94. The number of pyridine rings is 1. The number of nitrogens with one attached hydrogen (secondary N) is 2. The summed E-state index contributed by atoms with van der Waals surface area (Å²) in [6, 6.07) is 9.30. The van der Waals surface area contributed by atoms with Gasteiger partial charge in [-0.15, -0.1) is 0 Å². The molecule has 1 amide bonds. The number of anilines is 1. The highest BCUT2D eigenvalue weighted by Gasteiger charge is 2.17. The van der Waals surface area contributed by atoms with Gasteiger partial charge in [0.1, 0.15) is 5.75 Å². The third-order valence-electron chi connectivity index (χ3n) is 5.64. The van der Waals surface area contributed by atoms with E-state index < -0.39 is 16.4 Å². The molecule has 0 bridgehead atoms. The zero-order chi connectivity index (χ0) is 29.4. The van der Waals surface area contributed by atoms with E-state index in [-0.39, 0.29) is 26.5 Å². The third kappa shape index (κ3) is 7.86. The van der Waals surface area contributed by atoms with Gasteiger partial charge in [-0.3, -0.25) is 14.5 Å². The summed E-state index contributed by atoms with van der Waals surface area (Å²) in [6.07, 6.45) is 10.4. The average Bonchev–Trinajstić information content (AvgIpc) is 3.36. The molecule has 2 N–H and O–H groups in total. The van der Waals surface area contributed by atoms with E-state index in [1.165, 1.54) is 12.3 Å². The predicted octanol–water partition coefficient (Wildman–Crippen LogP) is 7.93. The van der Waals surface area contributed by atoms with Crippen LogP contribution in [0.15, 0.2) is 84.7 Å². The predicted molar refractivity (Wildman–Crippen MR) is 161 cm³/mol. The molecule has 0 saturated heterocycles. The topological polar surface area (TPSA) is 110 Å². The van der Waals surface area contributed by atoms with Crippen LogP contribution in [0.2, 0.25) is 0 Å². The van der Waals surface area contributed by atoms with Gasteiger partial charge < -0.3 is 19.0 Å². The monoisotopic (exact) mass is 566 g/mol. The number of benzene rings is 2. The molecule has 0 aliphatic rings. The van der Waals surface area contributed by atoms with Gasteiger partial charge in [0.05, 0.1) is 29.4 Å². The van der Waals surface area contributed by atoms with Gasteiger partial charge in [-0.05, 0) is 63.9 Å². The largest absolute Gasteiger partial charge is 0.453 e. The Morgan fingerprint density at radius 3 is 2.60 bits per heavy atom. The molecule has 40 heavy (non-hydrogen) atoms. The Bertz CT molecular complexity index is 1610. The first-order valence-corrected chi connectivity index (χ1v) is 13.6. The van der Waals surface area contributed by atoms with Crippen molar-refractivity contribution >= 4 is 33.1 Å². The standard InChI is InChI=1S/C25H25FN5O3S.C5H8.2H2/c1-15-9-16(11-23(32)30-17-13-29-31(14-17)25(2,3)4)10-20(26)24(15)34-22-7-8-28-21-6-5-18(35(27)33)12-19(21)22;1-3-5-4-2;;/h5-10,12-14,27H,11H2,1-4H3,(H,30,32);3-5H,1H2,2H3;2*1H/q-1;;;/b;5-4-;;. The molecule has 0 unspecified atom stereocenters. The van der Waals surface area contributed by atoms with Crippen LogP contribution in [-0.4, -0.2) is 20.7 Å². The van der Waals surface area contributed by atoms with Crippen LogP contribution >= 0.6 is 0 Å². The van der Waals surface area contributed by atoms with Gasteiger partial charge in [0.25, 0.3) is 0 Å². The highest BCUT2D eigenvalue weighted by Crippen LogP contribution is 2.34. The Morgan fingerprint density at radius 1 is 1.27 bits per heavy atom. The van der Waals surface area contributed by atoms with Crippen LogP contribution in [0.25, 0.3) is 10.9 Å². The minimum atomic E-state index is -1.93. The lowest BCUT2D eigenvalue weighted by Gasteiger charge is -2.18. The van der Waals surface area contributed by atoms with Crippen LogP contribution in [0.1, 0.15) is 41.7 Å². The Hall–Kier alpha value is -4.31. The molecule has 0 radical (unpaired) electrons. The molecule has 2 aromatic heterocycles. The van der Waals surface area contributed by atoms with Gasteiger partial charge in [0.2, 0.25) is 5.91 Å². The van der Waals surface area contributed by atoms with E-state index in [0.29, 0.717) is 38.4 Å². The zero-order valence-electron chi connectivity index (χ0n) is 23.2. The van der Waals surface area contributed by atoms with Crippen molar-refractivity contribution in [2.45, 2.75) is 51.5 Å². The lowest BCUT2D eigenvalue weighted by atomic mass is 10.1. The smallest absolute Gasteiger partial charge is 0.228 e. The molecular weight excluding hydrogens is 529 g/mol. The molecule has 0 atom stereocenters. The van der Waals surface area contributed by atoms with E-state index in [9.17, 15) is 9.00 Å². The number of aromatic nitrogens is 3. The molecular formula is C30H37FN5O3S-. The Kier molecular flexibility index (Phi) is 9.95. The van der Waals surface area contributed by atoms with Crippen LogP contribution in [0.4, 0.5) is 10.1 Å². The van der Waals surface area contributed by atoms with Gasteiger partial charge in [-0.1, -0.05) is 47.9 Å². The molecule has 0 aliphatic heterocycles. The van der Waals surface area contributed by atoms with Crippen molar-refractivity contribution in [3.63, 3.8) is 0 Å². The van der Waals surface area contributed by atoms with Crippen molar-refractivity contribution in [3.05, 3.63) is 96.7 Å². The minimum absolute atomic E-state index is 0. The van der Waals surface area contributed by atoms with Crippen molar-refractivity contribution in [1.82, 2.24) is 14.8 Å². The van der Waals surface area contributed by atoms with Crippen molar-refractivity contribution in [3.8, 4) is 11.5 Å². The first-order chi connectivity index (χ1) is 18.9. The van der Waals surface area contributed by atoms with Crippen LogP contribution < -0.4 is 10.1 Å². The highest BCUT2D eigenvalue weighted by atomic mass is 32.2.